The largest absolute Gasteiger partial charge is 0.381 e. The average Bonchev–Trinajstić information content (AvgIpc) is 3.44. The molecule has 4 heterocycles. The second-order valence-electron chi connectivity index (χ2n) is 13.1. The van der Waals surface area contributed by atoms with Gasteiger partial charge in [0.1, 0.15) is 11.9 Å². The molecule has 6 rings (SSSR count). The second-order valence-corrected chi connectivity index (χ2v) is 13.1. The molecule has 3 atom stereocenters. The number of hydrogen-bond donors (Lipinski definition) is 2. The average molecular weight is 626 g/mol. The van der Waals surface area contributed by atoms with Crippen molar-refractivity contribution in [3.05, 3.63) is 78.1 Å². The van der Waals surface area contributed by atoms with E-state index in [1.807, 2.05) is 53.4 Å². The zero-order valence-corrected chi connectivity index (χ0v) is 27.0. The Morgan fingerprint density at radius 2 is 1.80 bits per heavy atom. The lowest BCUT2D eigenvalue weighted by Gasteiger charge is -2.40. The fourth-order valence-electron chi connectivity index (χ4n) is 7.43. The molecule has 0 unspecified atom stereocenters. The molecule has 1 spiro atoms. The number of fused-ring (bicyclic) bond motifs is 2. The van der Waals surface area contributed by atoms with E-state index in [4.69, 9.17) is 9.72 Å². The van der Waals surface area contributed by atoms with E-state index in [0.29, 0.717) is 64.8 Å². The van der Waals surface area contributed by atoms with Crippen LogP contribution in [-0.4, -0.2) is 70.6 Å². The van der Waals surface area contributed by atoms with E-state index in [2.05, 4.69) is 40.3 Å². The van der Waals surface area contributed by atoms with Crippen LogP contribution in [0.2, 0.25) is 0 Å². The number of hydrogen-bond acceptors (Lipinski definition) is 5. The van der Waals surface area contributed by atoms with Gasteiger partial charge in [0, 0.05) is 64.1 Å². The Kier molecular flexibility index (Phi) is 10.2. The monoisotopic (exact) mass is 625 g/mol. The van der Waals surface area contributed by atoms with E-state index in [9.17, 15) is 14.4 Å². The first-order valence-corrected chi connectivity index (χ1v) is 17.1. The number of nitrogens with one attached hydrogen (secondary N) is 2. The number of carbonyl (C=O) groups excluding carboxylic acids is 3. The van der Waals surface area contributed by atoms with Crippen LogP contribution in [0.3, 0.4) is 0 Å². The lowest BCUT2D eigenvalue weighted by atomic mass is 9.75. The number of rotatable bonds is 7. The molecule has 3 aliphatic rings. The Morgan fingerprint density at radius 1 is 1.02 bits per heavy atom. The van der Waals surface area contributed by atoms with Crippen molar-refractivity contribution in [1.82, 2.24) is 25.1 Å². The van der Waals surface area contributed by atoms with E-state index >= 15 is 0 Å². The maximum atomic E-state index is 13.9. The molecule has 2 fully saturated rings. The number of amides is 3. The molecule has 0 bridgehead atoms. The highest BCUT2D eigenvalue weighted by Gasteiger charge is 2.41. The summed E-state index contributed by atoms with van der Waals surface area (Å²) in [7, 11) is 0. The van der Waals surface area contributed by atoms with Gasteiger partial charge in [-0.05, 0) is 63.1 Å². The predicted molar refractivity (Wildman–Crippen MR) is 178 cm³/mol. The number of likely N-dealkylation sites (tertiary alicyclic amines) is 1. The minimum atomic E-state index is -0.675. The smallest absolute Gasteiger partial charge is 0.243 e. The number of allylic oxidation sites excluding steroid dienone is 2. The highest BCUT2D eigenvalue weighted by Crippen LogP contribution is 2.36. The van der Waals surface area contributed by atoms with Gasteiger partial charge in [-0.1, -0.05) is 54.6 Å². The normalized spacial score (nSPS) is 24.4. The van der Waals surface area contributed by atoms with Gasteiger partial charge < -0.3 is 24.8 Å². The van der Waals surface area contributed by atoms with Crippen LogP contribution in [0.25, 0.3) is 11.0 Å². The lowest BCUT2D eigenvalue weighted by molar-refractivity contribution is -0.140. The molecule has 3 aliphatic heterocycles. The number of benzene rings is 2. The third-order valence-electron chi connectivity index (χ3n) is 10.2. The first kappa shape index (κ1) is 32.0. The second kappa shape index (κ2) is 14.6. The number of aromatic nitrogens is 2. The standard InChI is InChI=1S/C37H47N5O4/c1-2-42-32-15-7-6-14-30(32)38-33(42)16-10-17-34(43)41-22-18-29-28(26-41)13-8-9-19-37(20-23-46-24-21-37)36(45)40-31(35(44)39-29)25-27-11-4-3-5-12-27/h3-9,11-12,14-15,28-29,31H,2,10,13,16-26H2,1H3,(H,39,44)(H,40,45)/b9-8+/t28-,29+,31-/m1/s1. The maximum absolute atomic E-state index is 13.9. The van der Waals surface area contributed by atoms with Gasteiger partial charge in [0.25, 0.3) is 0 Å². The quantitative estimate of drug-likeness (QED) is 0.374. The molecule has 1 aromatic heterocycles. The first-order valence-electron chi connectivity index (χ1n) is 17.1. The maximum Gasteiger partial charge on any atom is 0.243 e. The molecule has 0 saturated carbocycles. The van der Waals surface area contributed by atoms with Gasteiger partial charge >= 0.3 is 0 Å². The molecule has 9 nitrogen and oxygen atoms in total. The van der Waals surface area contributed by atoms with E-state index in [-0.39, 0.29) is 29.7 Å². The van der Waals surface area contributed by atoms with Gasteiger partial charge in [-0.3, -0.25) is 14.4 Å². The van der Waals surface area contributed by atoms with Crippen LogP contribution < -0.4 is 10.6 Å². The Hall–Kier alpha value is -3.98. The van der Waals surface area contributed by atoms with Gasteiger partial charge in [0.15, 0.2) is 0 Å². The minimum Gasteiger partial charge on any atom is -0.381 e. The zero-order chi connectivity index (χ0) is 31.9. The van der Waals surface area contributed by atoms with Crippen molar-refractivity contribution in [1.29, 1.82) is 0 Å². The summed E-state index contributed by atoms with van der Waals surface area (Å²) >= 11 is 0. The summed E-state index contributed by atoms with van der Waals surface area (Å²) in [5.74, 6) is 1.07. The van der Waals surface area contributed by atoms with E-state index in [1.165, 1.54) is 0 Å². The third kappa shape index (κ3) is 7.20. The molecular formula is C37H47N5O4. The molecule has 3 aromatic rings. The summed E-state index contributed by atoms with van der Waals surface area (Å²) in [6.07, 6.45) is 10.0. The molecular weight excluding hydrogens is 578 g/mol. The van der Waals surface area contributed by atoms with Crippen molar-refractivity contribution in [2.45, 2.75) is 83.3 Å². The van der Waals surface area contributed by atoms with Crippen LogP contribution in [-0.2, 0) is 38.5 Å². The first-order chi connectivity index (χ1) is 22.5. The van der Waals surface area contributed by atoms with Crippen LogP contribution in [0.5, 0.6) is 0 Å². The number of aryl methyl sites for hydroxylation is 2. The molecule has 46 heavy (non-hydrogen) atoms. The zero-order valence-electron chi connectivity index (χ0n) is 27.0. The minimum absolute atomic E-state index is 0.0661. The summed E-state index contributed by atoms with van der Waals surface area (Å²) in [5.41, 5.74) is 2.55. The Balaban J connectivity index is 1.14. The van der Waals surface area contributed by atoms with Gasteiger partial charge in [-0.15, -0.1) is 0 Å². The molecule has 9 heteroatoms. The highest BCUT2D eigenvalue weighted by molar-refractivity contribution is 5.90. The fraction of sp³-hybridized carbons (Fsp3) is 0.514. The Labute approximate surface area is 271 Å². The third-order valence-corrected chi connectivity index (χ3v) is 10.2. The Bertz CT molecular complexity index is 1540. The molecule has 2 N–H and O–H groups in total. The van der Waals surface area contributed by atoms with Crippen molar-refractivity contribution >= 4 is 28.8 Å². The van der Waals surface area contributed by atoms with Crippen LogP contribution in [0.1, 0.15) is 63.3 Å². The van der Waals surface area contributed by atoms with Crippen LogP contribution in [0, 0.1) is 11.3 Å². The summed E-state index contributed by atoms with van der Waals surface area (Å²) in [4.78, 5) is 47.9. The van der Waals surface area contributed by atoms with Gasteiger partial charge in [-0.2, -0.15) is 0 Å². The number of carbonyl (C=O) groups is 3. The number of nitrogens with zero attached hydrogens (tertiary/aromatic N) is 3. The van der Waals surface area contributed by atoms with Gasteiger partial charge in [0.05, 0.1) is 16.4 Å². The molecule has 3 amide bonds. The van der Waals surface area contributed by atoms with Gasteiger partial charge in [0.2, 0.25) is 17.7 Å². The predicted octanol–water partition coefficient (Wildman–Crippen LogP) is 4.59. The fourth-order valence-corrected chi connectivity index (χ4v) is 7.43. The molecule has 2 saturated heterocycles. The summed E-state index contributed by atoms with van der Waals surface area (Å²) in [5, 5.41) is 6.46. The van der Waals surface area contributed by atoms with Crippen LogP contribution in [0.15, 0.2) is 66.7 Å². The molecule has 2 aromatic carbocycles. The molecule has 0 aliphatic carbocycles. The Morgan fingerprint density at radius 3 is 2.61 bits per heavy atom. The number of ether oxygens (including phenoxy) is 1. The number of para-hydroxylation sites is 2. The van der Waals surface area contributed by atoms with E-state index in [1.54, 1.807) is 0 Å². The SMILES string of the molecule is CCn1c(CCCC(=O)N2CC[C@@H]3NC(=O)[C@@H](Cc4ccccc4)NC(=O)C4(C/C=C/C[C@@H]3C2)CCOCC4)nc2ccccc21. The van der Waals surface area contributed by atoms with E-state index in [0.717, 1.165) is 48.2 Å². The van der Waals surface area contributed by atoms with Gasteiger partial charge in [-0.25, -0.2) is 4.98 Å². The van der Waals surface area contributed by atoms with Crippen molar-refractivity contribution in [3.8, 4) is 0 Å². The van der Waals surface area contributed by atoms with E-state index < -0.39 is 11.5 Å². The van der Waals surface area contributed by atoms with Crippen molar-refractivity contribution < 1.29 is 19.1 Å². The van der Waals surface area contributed by atoms with Crippen molar-refractivity contribution in [2.24, 2.45) is 11.3 Å². The summed E-state index contributed by atoms with van der Waals surface area (Å²) in [6, 6.07) is 17.3. The molecule has 0 radical (unpaired) electrons. The van der Waals surface area contributed by atoms with Crippen molar-refractivity contribution in [3.63, 3.8) is 0 Å². The highest BCUT2D eigenvalue weighted by atomic mass is 16.5. The van der Waals surface area contributed by atoms with Crippen molar-refractivity contribution in [2.75, 3.05) is 26.3 Å². The summed E-state index contributed by atoms with van der Waals surface area (Å²) in [6.45, 7) is 5.27. The topological polar surface area (TPSA) is 106 Å². The molecule has 244 valence electrons. The number of imidazole rings is 1. The lowest BCUT2D eigenvalue weighted by Crippen LogP contribution is -2.58. The van der Waals surface area contributed by atoms with Crippen LogP contribution >= 0.6 is 0 Å². The number of piperidine rings is 1. The van der Waals surface area contributed by atoms with Crippen LogP contribution in [0.4, 0.5) is 0 Å². The summed E-state index contributed by atoms with van der Waals surface area (Å²) < 4.78 is 7.86.